The van der Waals surface area contributed by atoms with Gasteiger partial charge in [-0.05, 0) is 24.0 Å². The first-order chi connectivity index (χ1) is 10.8. The highest BCUT2D eigenvalue weighted by molar-refractivity contribution is 5.49. The van der Waals surface area contributed by atoms with Crippen molar-refractivity contribution in [2.24, 2.45) is 0 Å². The van der Waals surface area contributed by atoms with E-state index in [2.05, 4.69) is 51.6 Å². The highest BCUT2D eigenvalue weighted by Crippen LogP contribution is 2.11. The summed E-state index contributed by atoms with van der Waals surface area (Å²) in [5.74, 6) is 0. The molecule has 0 atom stereocenters. The molecular weight excluding hydrogens is 306 g/mol. The summed E-state index contributed by atoms with van der Waals surface area (Å²) in [4.78, 5) is 5.12. The van der Waals surface area contributed by atoms with Gasteiger partial charge in [-0.2, -0.15) is 0 Å². The largest absolute Gasteiger partial charge is 1.00 e. The minimum atomic E-state index is 0. The molecule has 23 heavy (non-hydrogen) atoms. The van der Waals surface area contributed by atoms with E-state index in [1.54, 1.807) is 0 Å². The van der Waals surface area contributed by atoms with Gasteiger partial charge in [-0.3, -0.25) is 14.4 Å². The van der Waals surface area contributed by atoms with Gasteiger partial charge < -0.3 is 12.4 Å². The second-order valence-electron chi connectivity index (χ2n) is 6.47. The van der Waals surface area contributed by atoms with E-state index in [4.69, 9.17) is 0 Å². The third kappa shape index (κ3) is 5.36. The molecule has 1 aromatic carbocycles. The van der Waals surface area contributed by atoms with E-state index in [0.717, 1.165) is 6.54 Å². The van der Waals surface area contributed by atoms with Crippen molar-refractivity contribution < 1.29 is 17.0 Å². The van der Waals surface area contributed by atoms with Gasteiger partial charge in [0.25, 0.3) is 0 Å². The summed E-state index contributed by atoms with van der Waals surface area (Å²) in [5, 5.41) is 0. The van der Waals surface area contributed by atoms with Crippen molar-refractivity contribution in [2.75, 3.05) is 39.3 Å². The molecule has 2 heterocycles. The molecule has 0 aromatic heterocycles. The van der Waals surface area contributed by atoms with Crippen molar-refractivity contribution in [1.82, 2.24) is 9.80 Å². The second kappa shape index (κ2) is 9.09. The predicted octanol–water partition coefficient (Wildman–Crippen LogP) is -0.324. The molecule has 0 radical (unpaired) electrons. The van der Waals surface area contributed by atoms with Crippen LogP contribution in [-0.2, 0) is 6.54 Å². The van der Waals surface area contributed by atoms with E-state index in [1.165, 1.54) is 69.7 Å². The average Bonchev–Trinajstić information content (AvgIpc) is 2.55. The van der Waals surface area contributed by atoms with Crippen LogP contribution >= 0.6 is 0 Å². The SMILES string of the molecule is C=Cc1ccc(CN2CCCN3C=[N+](CCC3)CCC2)cc1.[Cl-]. The Morgan fingerprint density at radius 1 is 0.957 bits per heavy atom. The predicted molar refractivity (Wildman–Crippen MR) is 93.3 cm³/mol. The van der Waals surface area contributed by atoms with Crippen LogP contribution in [0, 0.1) is 0 Å². The lowest BCUT2D eigenvalue weighted by Crippen LogP contribution is -3.00. The Morgan fingerprint density at radius 2 is 1.61 bits per heavy atom. The minimum absolute atomic E-state index is 0. The number of nitrogens with zero attached hydrogens (tertiary/aromatic N) is 3. The topological polar surface area (TPSA) is 9.49 Å². The molecule has 4 heteroatoms. The molecule has 0 amide bonds. The lowest BCUT2D eigenvalue weighted by molar-refractivity contribution is -0.533. The number of benzene rings is 1. The normalized spacial score (nSPS) is 19.5. The maximum absolute atomic E-state index is 3.82. The zero-order valence-corrected chi connectivity index (χ0v) is 14.7. The fourth-order valence-corrected chi connectivity index (χ4v) is 3.44. The number of hydrogen-bond acceptors (Lipinski definition) is 2. The van der Waals surface area contributed by atoms with Gasteiger partial charge in [-0.25, -0.2) is 0 Å². The molecule has 0 N–H and O–H groups in total. The van der Waals surface area contributed by atoms with E-state index in [9.17, 15) is 0 Å². The van der Waals surface area contributed by atoms with Gasteiger partial charge >= 0.3 is 0 Å². The zero-order chi connectivity index (χ0) is 15.2. The molecule has 0 unspecified atom stereocenters. The Kier molecular flexibility index (Phi) is 7.13. The molecule has 0 saturated heterocycles. The maximum atomic E-state index is 3.82. The highest BCUT2D eigenvalue weighted by Gasteiger charge is 2.18. The Balaban J connectivity index is 0.00000192. The third-order valence-electron chi connectivity index (χ3n) is 4.68. The fourth-order valence-electron chi connectivity index (χ4n) is 3.44. The van der Waals surface area contributed by atoms with Gasteiger partial charge in [0, 0.05) is 26.1 Å². The van der Waals surface area contributed by atoms with Crippen LogP contribution in [0.4, 0.5) is 0 Å². The van der Waals surface area contributed by atoms with E-state index in [-0.39, 0.29) is 12.4 Å². The van der Waals surface area contributed by atoms with Crippen LogP contribution in [0.15, 0.2) is 30.8 Å². The van der Waals surface area contributed by atoms with E-state index in [0.29, 0.717) is 0 Å². The van der Waals surface area contributed by atoms with Gasteiger partial charge in [-0.15, -0.1) is 0 Å². The molecule has 0 spiro atoms. The van der Waals surface area contributed by atoms with Crippen LogP contribution in [0.2, 0.25) is 0 Å². The first-order valence-corrected chi connectivity index (χ1v) is 8.60. The Morgan fingerprint density at radius 3 is 2.35 bits per heavy atom. The number of hydrogen-bond donors (Lipinski definition) is 0. The van der Waals surface area contributed by atoms with E-state index in [1.807, 2.05) is 6.08 Å². The quantitative estimate of drug-likeness (QED) is 0.701. The Bertz CT molecular complexity index is 524. The molecule has 2 aliphatic rings. The minimum Gasteiger partial charge on any atom is -1.00 e. The monoisotopic (exact) mass is 333 g/mol. The first-order valence-electron chi connectivity index (χ1n) is 8.60. The van der Waals surface area contributed by atoms with Gasteiger partial charge in [-0.1, -0.05) is 36.9 Å². The van der Waals surface area contributed by atoms with Gasteiger partial charge in [0.2, 0.25) is 6.34 Å². The zero-order valence-electron chi connectivity index (χ0n) is 14.0. The number of rotatable bonds is 3. The summed E-state index contributed by atoms with van der Waals surface area (Å²) >= 11 is 0. The van der Waals surface area contributed by atoms with Crippen molar-refractivity contribution in [3.63, 3.8) is 0 Å². The van der Waals surface area contributed by atoms with Crippen LogP contribution in [0.1, 0.15) is 30.4 Å². The van der Waals surface area contributed by atoms with Crippen LogP contribution in [0.3, 0.4) is 0 Å². The van der Waals surface area contributed by atoms with Crippen molar-refractivity contribution in [3.05, 3.63) is 42.0 Å². The molecule has 3 nitrogen and oxygen atoms in total. The fraction of sp³-hybridized carbons (Fsp3) is 0.526. The molecule has 0 aliphatic carbocycles. The Hall–Kier alpha value is -1.32. The highest BCUT2D eigenvalue weighted by atomic mass is 35.5. The van der Waals surface area contributed by atoms with Crippen LogP contribution in [-0.4, -0.2) is 60.0 Å². The molecule has 0 saturated carbocycles. The molecule has 0 fully saturated rings. The lowest BCUT2D eigenvalue weighted by Gasteiger charge is -2.27. The van der Waals surface area contributed by atoms with Crippen LogP contribution in [0.5, 0.6) is 0 Å². The smallest absolute Gasteiger partial charge is 0.234 e. The molecule has 1 aromatic rings. The van der Waals surface area contributed by atoms with E-state index < -0.39 is 0 Å². The standard InChI is InChI=1S/C19H28N3.ClH/c1-2-18-6-8-19(9-7-18)16-20-10-3-12-21-14-5-15-22(17-21)13-4-11-20;/h2,6-9,17H,1,3-5,10-16H2;1H/q+1;/p-1. The average molecular weight is 334 g/mol. The van der Waals surface area contributed by atoms with Crippen molar-refractivity contribution in [1.29, 1.82) is 0 Å². The summed E-state index contributed by atoms with van der Waals surface area (Å²) < 4.78 is 2.51. The summed E-state index contributed by atoms with van der Waals surface area (Å²) in [7, 11) is 0. The van der Waals surface area contributed by atoms with Gasteiger partial charge in [0.1, 0.15) is 0 Å². The summed E-state index contributed by atoms with van der Waals surface area (Å²) in [5.41, 5.74) is 2.61. The molecule has 3 rings (SSSR count). The third-order valence-corrected chi connectivity index (χ3v) is 4.68. The van der Waals surface area contributed by atoms with Gasteiger partial charge in [0.15, 0.2) is 0 Å². The Labute approximate surface area is 146 Å². The van der Waals surface area contributed by atoms with Crippen LogP contribution < -0.4 is 12.4 Å². The van der Waals surface area contributed by atoms with E-state index >= 15 is 0 Å². The molecule has 2 aliphatic heterocycles. The lowest BCUT2D eigenvalue weighted by atomic mass is 10.1. The second-order valence-corrected chi connectivity index (χ2v) is 6.47. The van der Waals surface area contributed by atoms with Crippen molar-refractivity contribution in [2.45, 2.75) is 25.8 Å². The summed E-state index contributed by atoms with van der Waals surface area (Å²) in [6.45, 7) is 12.2. The van der Waals surface area contributed by atoms with Crippen LogP contribution in [0.25, 0.3) is 6.08 Å². The molecule has 2 bridgehead atoms. The number of fused-ring (bicyclic) bond motifs is 1. The summed E-state index contributed by atoms with van der Waals surface area (Å²) in [6.07, 6.45) is 8.11. The molecular formula is C19H28ClN3. The van der Waals surface area contributed by atoms with Crippen molar-refractivity contribution in [3.8, 4) is 0 Å². The van der Waals surface area contributed by atoms with Gasteiger partial charge in [0.05, 0.1) is 26.2 Å². The first kappa shape index (κ1) is 18.0. The summed E-state index contributed by atoms with van der Waals surface area (Å²) in [6, 6.07) is 8.82. The van der Waals surface area contributed by atoms with Crippen molar-refractivity contribution >= 4 is 12.4 Å². The maximum Gasteiger partial charge on any atom is 0.234 e. The number of halogens is 1. The molecule has 126 valence electrons.